The lowest BCUT2D eigenvalue weighted by Crippen LogP contribution is -2.20. The zero-order valence-electron chi connectivity index (χ0n) is 15.8. The third kappa shape index (κ3) is 2.91. The number of nitrogens with zero attached hydrogens (tertiary/aromatic N) is 4. The van der Waals surface area contributed by atoms with E-state index in [9.17, 15) is 9.90 Å². The van der Waals surface area contributed by atoms with Crippen LogP contribution in [0.4, 0.5) is 5.69 Å². The summed E-state index contributed by atoms with van der Waals surface area (Å²) in [5.74, 6) is 0.134. The van der Waals surface area contributed by atoms with Crippen LogP contribution in [0.1, 0.15) is 5.56 Å². The Labute approximate surface area is 171 Å². The van der Waals surface area contributed by atoms with Crippen LogP contribution in [0.2, 0.25) is 0 Å². The number of pyridine rings is 3. The van der Waals surface area contributed by atoms with Gasteiger partial charge in [-0.2, -0.15) is 0 Å². The van der Waals surface area contributed by atoms with E-state index in [0.717, 1.165) is 16.6 Å². The van der Waals surface area contributed by atoms with Crippen molar-refractivity contribution in [3.8, 4) is 11.7 Å². The largest absolute Gasteiger partial charge is 0.494 e. The Bertz CT molecular complexity index is 1470. The Morgan fingerprint density at radius 2 is 1.57 bits per heavy atom. The van der Waals surface area contributed by atoms with Crippen molar-refractivity contribution in [2.45, 2.75) is 0 Å². The van der Waals surface area contributed by atoms with Gasteiger partial charge in [-0.25, -0.2) is 9.55 Å². The summed E-state index contributed by atoms with van der Waals surface area (Å²) in [6.07, 6.45) is 4.89. The zero-order valence-corrected chi connectivity index (χ0v) is 15.8. The van der Waals surface area contributed by atoms with Gasteiger partial charge in [0.15, 0.2) is 0 Å². The maximum Gasteiger partial charge on any atom is 0.267 e. The van der Waals surface area contributed by atoms with Gasteiger partial charge in [-0.05, 0) is 42.5 Å². The van der Waals surface area contributed by atoms with Gasteiger partial charge in [-0.15, -0.1) is 0 Å². The topological polar surface area (TPSA) is 80.4 Å². The normalized spacial score (nSPS) is 11.5. The van der Waals surface area contributed by atoms with E-state index in [-0.39, 0.29) is 11.4 Å². The van der Waals surface area contributed by atoms with Gasteiger partial charge in [-0.1, -0.05) is 30.3 Å². The van der Waals surface area contributed by atoms with Crippen molar-refractivity contribution in [1.82, 2.24) is 14.5 Å². The predicted octanol–water partition coefficient (Wildman–Crippen LogP) is 4.39. The molecule has 6 heteroatoms. The average molecular weight is 392 g/mol. The molecule has 0 bridgehead atoms. The van der Waals surface area contributed by atoms with Gasteiger partial charge < -0.3 is 5.11 Å². The molecule has 0 saturated heterocycles. The molecule has 5 aromatic rings. The first-order valence-electron chi connectivity index (χ1n) is 9.40. The van der Waals surface area contributed by atoms with Crippen LogP contribution in [0.25, 0.3) is 27.5 Å². The number of aromatic hydroxyl groups is 1. The molecule has 3 heterocycles. The lowest BCUT2D eigenvalue weighted by atomic mass is 10.1. The second-order valence-corrected chi connectivity index (χ2v) is 6.72. The molecule has 0 saturated carbocycles. The van der Waals surface area contributed by atoms with Gasteiger partial charge in [0.2, 0.25) is 5.88 Å². The minimum Gasteiger partial charge on any atom is -0.494 e. The highest BCUT2D eigenvalue weighted by molar-refractivity contribution is 6.03. The minimum atomic E-state index is -0.340. The average Bonchev–Trinajstić information content (AvgIpc) is 2.80. The van der Waals surface area contributed by atoms with E-state index in [1.807, 2.05) is 36.4 Å². The maximum atomic E-state index is 13.1. The van der Waals surface area contributed by atoms with Gasteiger partial charge >= 0.3 is 0 Å². The number of hydrogen-bond acceptors (Lipinski definition) is 5. The van der Waals surface area contributed by atoms with Crippen molar-refractivity contribution in [2.75, 3.05) is 0 Å². The van der Waals surface area contributed by atoms with Crippen molar-refractivity contribution in [1.29, 1.82) is 0 Å². The first-order chi connectivity index (χ1) is 14.7. The third-order valence-corrected chi connectivity index (χ3v) is 4.94. The Hall–Kier alpha value is -4.32. The van der Waals surface area contributed by atoms with Crippen LogP contribution in [-0.2, 0) is 0 Å². The van der Waals surface area contributed by atoms with Crippen LogP contribution in [-0.4, -0.2) is 25.9 Å². The fraction of sp³-hybridized carbons (Fsp3) is 0. The number of benzene rings is 2. The van der Waals surface area contributed by atoms with Crippen LogP contribution in [0.3, 0.4) is 0 Å². The molecular weight excluding hydrogens is 376 g/mol. The lowest BCUT2D eigenvalue weighted by Gasteiger charge is -2.12. The lowest BCUT2D eigenvalue weighted by molar-refractivity contribution is 0.435. The number of hydrogen-bond donors (Lipinski definition) is 1. The summed E-state index contributed by atoms with van der Waals surface area (Å²) in [6.45, 7) is 0. The highest BCUT2D eigenvalue weighted by Crippen LogP contribution is 2.28. The molecule has 0 fully saturated rings. The molecule has 0 aliphatic carbocycles. The van der Waals surface area contributed by atoms with Crippen LogP contribution >= 0.6 is 0 Å². The molecule has 0 aliphatic rings. The van der Waals surface area contributed by atoms with Gasteiger partial charge in [0.25, 0.3) is 5.56 Å². The minimum absolute atomic E-state index is 0.209. The monoisotopic (exact) mass is 392 g/mol. The summed E-state index contributed by atoms with van der Waals surface area (Å²) < 4.78 is 1.20. The van der Waals surface area contributed by atoms with E-state index >= 15 is 0 Å². The molecule has 3 aromatic heterocycles. The van der Waals surface area contributed by atoms with Crippen LogP contribution in [0.15, 0.2) is 95.0 Å². The molecule has 0 spiro atoms. The van der Waals surface area contributed by atoms with Crippen LogP contribution in [0, 0.1) is 0 Å². The molecular formula is C24H16N4O2. The van der Waals surface area contributed by atoms with Crippen molar-refractivity contribution in [3.05, 3.63) is 101 Å². The third-order valence-electron chi connectivity index (χ3n) is 4.94. The van der Waals surface area contributed by atoms with E-state index in [2.05, 4.69) is 15.0 Å². The molecule has 6 nitrogen and oxygen atoms in total. The quantitative estimate of drug-likeness (QED) is 0.462. The van der Waals surface area contributed by atoms with Crippen molar-refractivity contribution >= 4 is 33.6 Å². The summed E-state index contributed by atoms with van der Waals surface area (Å²) in [7, 11) is 0. The molecule has 0 unspecified atom stereocenters. The molecule has 2 aromatic carbocycles. The van der Waals surface area contributed by atoms with Crippen LogP contribution < -0.4 is 5.56 Å². The Kier molecular flexibility index (Phi) is 4.29. The van der Waals surface area contributed by atoms with Gasteiger partial charge in [0.1, 0.15) is 5.82 Å². The van der Waals surface area contributed by atoms with E-state index in [0.29, 0.717) is 22.2 Å². The molecule has 0 radical (unpaired) electrons. The highest BCUT2D eigenvalue weighted by Gasteiger charge is 2.16. The molecule has 5 rings (SSSR count). The van der Waals surface area contributed by atoms with Gasteiger partial charge in [-0.3, -0.25) is 14.8 Å². The van der Waals surface area contributed by atoms with E-state index in [1.54, 1.807) is 55.0 Å². The molecule has 0 aliphatic heterocycles. The SMILES string of the molecule is O=c1c2ccccc2c(C=Nc2cccc3ncccc23)c(O)n1-c1ccccn1. The van der Waals surface area contributed by atoms with Crippen molar-refractivity contribution in [2.24, 2.45) is 4.99 Å². The van der Waals surface area contributed by atoms with Crippen LogP contribution in [0.5, 0.6) is 5.88 Å². The zero-order chi connectivity index (χ0) is 20.5. The fourth-order valence-corrected chi connectivity index (χ4v) is 3.52. The molecule has 1 N–H and O–H groups in total. The molecule has 30 heavy (non-hydrogen) atoms. The fourth-order valence-electron chi connectivity index (χ4n) is 3.52. The summed E-state index contributed by atoms with van der Waals surface area (Å²) in [5.41, 5.74) is 1.66. The highest BCUT2D eigenvalue weighted by atomic mass is 16.3. The second kappa shape index (κ2) is 7.25. The summed E-state index contributed by atoms with van der Waals surface area (Å²) in [5, 5.41) is 13.0. The number of fused-ring (bicyclic) bond motifs is 2. The number of aliphatic imine (C=N–C) groups is 1. The first-order valence-corrected chi connectivity index (χ1v) is 9.40. The second-order valence-electron chi connectivity index (χ2n) is 6.72. The Morgan fingerprint density at radius 3 is 2.40 bits per heavy atom. The van der Waals surface area contributed by atoms with E-state index < -0.39 is 0 Å². The molecule has 144 valence electrons. The van der Waals surface area contributed by atoms with E-state index in [1.165, 1.54) is 4.57 Å². The smallest absolute Gasteiger partial charge is 0.267 e. The molecule has 0 atom stereocenters. The van der Waals surface area contributed by atoms with E-state index in [4.69, 9.17) is 0 Å². The van der Waals surface area contributed by atoms with Crippen molar-refractivity contribution in [3.63, 3.8) is 0 Å². The standard InChI is InChI=1S/C24H16N4O2/c29-23-17-8-2-1-7-16(17)19(24(30)28(23)22-12-3-4-13-26-22)15-27-21-11-5-10-20-18(21)9-6-14-25-20/h1-15,30H. The number of aromatic nitrogens is 3. The molecule has 0 amide bonds. The summed E-state index contributed by atoms with van der Waals surface area (Å²) in [6, 6.07) is 21.8. The Balaban J connectivity index is 1.77. The summed E-state index contributed by atoms with van der Waals surface area (Å²) in [4.78, 5) is 26.3. The maximum absolute atomic E-state index is 13.1. The summed E-state index contributed by atoms with van der Waals surface area (Å²) >= 11 is 0. The number of rotatable bonds is 3. The first kappa shape index (κ1) is 17.8. The van der Waals surface area contributed by atoms with Gasteiger partial charge in [0, 0.05) is 34.8 Å². The van der Waals surface area contributed by atoms with Crippen molar-refractivity contribution < 1.29 is 5.11 Å². The Morgan fingerprint density at radius 1 is 0.800 bits per heavy atom. The predicted molar refractivity (Wildman–Crippen MR) is 118 cm³/mol. The van der Waals surface area contributed by atoms with Gasteiger partial charge in [0.05, 0.1) is 16.8 Å².